The highest BCUT2D eigenvalue weighted by Crippen LogP contribution is 2.04. The van der Waals surface area contributed by atoms with Gasteiger partial charge in [0.15, 0.2) is 0 Å². The van der Waals surface area contributed by atoms with Crippen LogP contribution >= 0.6 is 0 Å². The molecule has 1 aliphatic heterocycles. The van der Waals surface area contributed by atoms with Crippen LogP contribution < -0.4 is 0 Å². The highest BCUT2D eigenvalue weighted by molar-refractivity contribution is 5.73. The second kappa shape index (κ2) is 5.69. The summed E-state index contributed by atoms with van der Waals surface area (Å²) in [5, 5.41) is 17.8. The molecule has 0 aliphatic carbocycles. The van der Waals surface area contributed by atoms with Gasteiger partial charge in [0.1, 0.15) is 0 Å². The Hall–Kier alpha value is -1.12. The Bertz CT molecular complexity index is 254. The molecule has 1 amide bonds. The number of carbonyl (C=O) groups is 1. The maximum Gasteiger partial charge on any atom is 0.219 e. The van der Waals surface area contributed by atoms with E-state index in [1.807, 2.05) is 6.07 Å². The highest BCUT2D eigenvalue weighted by Gasteiger charge is 2.20. The van der Waals surface area contributed by atoms with Gasteiger partial charge in [-0.05, 0) is 0 Å². The molecule has 15 heavy (non-hydrogen) atoms. The van der Waals surface area contributed by atoms with Gasteiger partial charge >= 0.3 is 0 Å². The number of aliphatic hydroxyl groups is 1. The van der Waals surface area contributed by atoms with E-state index in [1.165, 1.54) is 0 Å². The SMILES string of the molecule is CC(=O)N1CCN(CC(O)CC#N)CC1. The van der Waals surface area contributed by atoms with Crippen LogP contribution in [0.4, 0.5) is 0 Å². The second-order valence-corrected chi connectivity index (χ2v) is 3.82. The molecule has 5 heteroatoms. The maximum absolute atomic E-state index is 11.0. The van der Waals surface area contributed by atoms with Crippen LogP contribution in [0.1, 0.15) is 13.3 Å². The molecule has 0 aromatic heterocycles. The molecule has 1 unspecified atom stereocenters. The lowest BCUT2D eigenvalue weighted by Gasteiger charge is -2.34. The number of nitrogens with zero attached hydrogens (tertiary/aromatic N) is 3. The number of amides is 1. The predicted octanol–water partition coefficient (Wildman–Crippen LogP) is -0.575. The summed E-state index contributed by atoms with van der Waals surface area (Å²) in [7, 11) is 0. The van der Waals surface area contributed by atoms with Crippen LogP contribution in [0.5, 0.6) is 0 Å². The smallest absolute Gasteiger partial charge is 0.219 e. The standard InChI is InChI=1S/C10H17N3O2/c1-9(14)13-6-4-12(5-7-13)8-10(15)2-3-11/h10,15H,2,4-8H2,1H3. The highest BCUT2D eigenvalue weighted by atomic mass is 16.3. The Labute approximate surface area is 89.9 Å². The van der Waals surface area contributed by atoms with E-state index < -0.39 is 6.10 Å². The molecule has 0 saturated carbocycles. The molecular formula is C10H17N3O2. The number of rotatable bonds is 3. The first kappa shape index (κ1) is 12.0. The quantitative estimate of drug-likeness (QED) is 0.678. The van der Waals surface area contributed by atoms with Gasteiger partial charge in [-0.1, -0.05) is 0 Å². The van der Waals surface area contributed by atoms with Crippen molar-refractivity contribution in [1.29, 1.82) is 5.26 Å². The maximum atomic E-state index is 11.0. The molecule has 1 heterocycles. The van der Waals surface area contributed by atoms with E-state index in [1.54, 1.807) is 11.8 Å². The lowest BCUT2D eigenvalue weighted by Crippen LogP contribution is -2.49. The Balaban J connectivity index is 2.26. The number of nitriles is 1. The number of piperazine rings is 1. The zero-order valence-electron chi connectivity index (χ0n) is 9.02. The minimum Gasteiger partial charge on any atom is -0.391 e. The normalized spacial score (nSPS) is 19.7. The zero-order valence-corrected chi connectivity index (χ0v) is 9.02. The van der Waals surface area contributed by atoms with Crippen LogP contribution in [0.25, 0.3) is 0 Å². The Morgan fingerprint density at radius 1 is 1.47 bits per heavy atom. The summed E-state index contributed by atoms with van der Waals surface area (Å²) in [5.41, 5.74) is 0. The van der Waals surface area contributed by atoms with Crippen LogP contribution in [0.15, 0.2) is 0 Å². The summed E-state index contributed by atoms with van der Waals surface area (Å²) < 4.78 is 0. The molecule has 0 aromatic carbocycles. The number of aliphatic hydroxyl groups excluding tert-OH is 1. The first-order chi connectivity index (χ1) is 7.13. The van der Waals surface area contributed by atoms with E-state index in [0.29, 0.717) is 19.6 Å². The molecule has 0 spiro atoms. The minimum absolute atomic E-state index is 0.104. The van der Waals surface area contributed by atoms with Gasteiger partial charge in [0.2, 0.25) is 5.91 Å². The van der Waals surface area contributed by atoms with Gasteiger partial charge < -0.3 is 10.0 Å². The molecule has 0 radical (unpaired) electrons. The van der Waals surface area contributed by atoms with E-state index in [9.17, 15) is 9.90 Å². The van der Waals surface area contributed by atoms with Gasteiger partial charge in [-0.2, -0.15) is 5.26 Å². The number of hydrogen-bond donors (Lipinski definition) is 1. The topological polar surface area (TPSA) is 67.6 Å². The third-order valence-corrected chi connectivity index (χ3v) is 2.61. The summed E-state index contributed by atoms with van der Waals surface area (Å²) in [6, 6.07) is 1.94. The summed E-state index contributed by atoms with van der Waals surface area (Å²) in [5.74, 6) is 0.104. The van der Waals surface area contributed by atoms with Crippen molar-refractivity contribution in [3.05, 3.63) is 0 Å². The average molecular weight is 211 g/mol. The summed E-state index contributed by atoms with van der Waals surface area (Å²) in [6.07, 6.45) is -0.397. The number of hydrogen-bond acceptors (Lipinski definition) is 4. The van der Waals surface area contributed by atoms with Crippen LogP contribution in [-0.2, 0) is 4.79 Å². The van der Waals surface area contributed by atoms with E-state index in [4.69, 9.17) is 5.26 Å². The molecule has 0 bridgehead atoms. The zero-order chi connectivity index (χ0) is 11.3. The number of carbonyl (C=O) groups excluding carboxylic acids is 1. The minimum atomic E-state index is -0.570. The Kier molecular flexibility index (Phi) is 4.53. The lowest BCUT2D eigenvalue weighted by molar-refractivity contribution is -0.130. The van der Waals surface area contributed by atoms with E-state index in [0.717, 1.165) is 13.1 Å². The second-order valence-electron chi connectivity index (χ2n) is 3.82. The van der Waals surface area contributed by atoms with Gasteiger partial charge in [-0.15, -0.1) is 0 Å². The molecular weight excluding hydrogens is 194 g/mol. The molecule has 0 aromatic rings. The van der Waals surface area contributed by atoms with Gasteiger partial charge in [0.25, 0.3) is 0 Å². The largest absolute Gasteiger partial charge is 0.391 e. The van der Waals surface area contributed by atoms with Crippen molar-refractivity contribution >= 4 is 5.91 Å². The lowest BCUT2D eigenvalue weighted by atomic mass is 10.2. The van der Waals surface area contributed by atoms with Crippen molar-refractivity contribution < 1.29 is 9.90 Å². The summed E-state index contributed by atoms with van der Waals surface area (Å²) >= 11 is 0. The molecule has 1 aliphatic rings. The third kappa shape index (κ3) is 3.86. The van der Waals surface area contributed by atoms with E-state index in [2.05, 4.69) is 4.90 Å². The molecule has 1 fully saturated rings. The van der Waals surface area contributed by atoms with Crippen molar-refractivity contribution in [3.8, 4) is 6.07 Å². The number of β-amino-alcohol motifs (C(OH)–C–C–N with tert-alkyl or cyclic N) is 1. The van der Waals surface area contributed by atoms with Gasteiger partial charge in [-0.25, -0.2) is 0 Å². The summed E-state index contributed by atoms with van der Waals surface area (Å²) in [4.78, 5) is 14.9. The third-order valence-electron chi connectivity index (χ3n) is 2.61. The molecule has 1 atom stereocenters. The van der Waals surface area contributed by atoms with Gasteiger partial charge in [0.05, 0.1) is 18.6 Å². The van der Waals surface area contributed by atoms with Crippen molar-refractivity contribution in [3.63, 3.8) is 0 Å². The fourth-order valence-corrected chi connectivity index (χ4v) is 1.71. The first-order valence-electron chi connectivity index (χ1n) is 5.16. The van der Waals surface area contributed by atoms with E-state index in [-0.39, 0.29) is 12.3 Å². The average Bonchev–Trinajstić information content (AvgIpc) is 2.18. The van der Waals surface area contributed by atoms with Gasteiger partial charge in [0, 0.05) is 39.6 Å². The fourth-order valence-electron chi connectivity index (χ4n) is 1.71. The molecule has 1 rings (SSSR count). The monoisotopic (exact) mass is 211 g/mol. The Morgan fingerprint density at radius 3 is 2.53 bits per heavy atom. The van der Waals surface area contributed by atoms with Gasteiger partial charge in [-0.3, -0.25) is 9.69 Å². The summed E-state index contributed by atoms with van der Waals surface area (Å²) in [6.45, 7) is 5.09. The van der Waals surface area contributed by atoms with E-state index >= 15 is 0 Å². The van der Waals surface area contributed by atoms with Crippen molar-refractivity contribution in [1.82, 2.24) is 9.80 Å². The molecule has 84 valence electrons. The molecule has 1 saturated heterocycles. The fraction of sp³-hybridized carbons (Fsp3) is 0.800. The van der Waals surface area contributed by atoms with Crippen molar-refractivity contribution in [2.75, 3.05) is 32.7 Å². The van der Waals surface area contributed by atoms with Crippen molar-refractivity contribution in [2.24, 2.45) is 0 Å². The van der Waals surface area contributed by atoms with Crippen LogP contribution in [0.2, 0.25) is 0 Å². The predicted molar refractivity (Wildman–Crippen MR) is 54.9 cm³/mol. The Morgan fingerprint density at radius 2 is 2.07 bits per heavy atom. The van der Waals surface area contributed by atoms with Crippen LogP contribution in [0, 0.1) is 11.3 Å². The van der Waals surface area contributed by atoms with Crippen LogP contribution in [0.3, 0.4) is 0 Å². The van der Waals surface area contributed by atoms with Crippen LogP contribution in [-0.4, -0.2) is 59.6 Å². The molecule has 1 N–H and O–H groups in total. The molecule has 5 nitrogen and oxygen atoms in total. The first-order valence-corrected chi connectivity index (χ1v) is 5.16. The van der Waals surface area contributed by atoms with Crippen molar-refractivity contribution in [2.45, 2.75) is 19.4 Å².